The van der Waals surface area contributed by atoms with Crippen LogP contribution in [0.3, 0.4) is 0 Å². The summed E-state index contributed by atoms with van der Waals surface area (Å²) in [7, 11) is 4.89. The summed E-state index contributed by atoms with van der Waals surface area (Å²) in [5.74, 6) is -0.357. The molecule has 2 N–H and O–H groups in total. The number of hydrogen-bond donors (Lipinski definition) is 1. The van der Waals surface area contributed by atoms with Crippen LogP contribution >= 0.6 is 0 Å². The summed E-state index contributed by atoms with van der Waals surface area (Å²) in [4.78, 5) is 0. The summed E-state index contributed by atoms with van der Waals surface area (Å²) in [6, 6.07) is 0. The minimum absolute atomic E-state index is 0.542. The molecule has 4 nitrogen and oxygen atoms in total. The van der Waals surface area contributed by atoms with E-state index in [9.17, 15) is 0 Å². The van der Waals surface area contributed by atoms with Crippen molar-refractivity contribution < 1.29 is 14.2 Å². The second kappa shape index (κ2) is 11.6. The van der Waals surface area contributed by atoms with Gasteiger partial charge in [0.2, 0.25) is 0 Å². The van der Waals surface area contributed by atoms with Crippen molar-refractivity contribution in [2.75, 3.05) is 27.9 Å². The summed E-state index contributed by atoms with van der Waals surface area (Å²) in [5.41, 5.74) is 5.62. The summed E-state index contributed by atoms with van der Waals surface area (Å²) < 4.78 is 16.2. The Morgan fingerprint density at radius 1 is 0.895 bits per heavy atom. The molecule has 0 amide bonds. The first-order valence-corrected chi connectivity index (χ1v) is 7.53. The Bertz CT molecular complexity index is 188. The average molecular weight is 275 g/mol. The Hall–Kier alpha value is -0.160. The van der Waals surface area contributed by atoms with Crippen LogP contribution in [0.25, 0.3) is 0 Å². The van der Waals surface area contributed by atoms with Gasteiger partial charge in [0.1, 0.15) is 0 Å². The van der Waals surface area contributed by atoms with Crippen molar-refractivity contribution in [3.8, 4) is 0 Å². The number of unbranched alkanes of at least 4 members (excludes halogenated alkanes) is 3. The minimum atomic E-state index is -0.899. The maximum Gasteiger partial charge on any atom is 0.282 e. The van der Waals surface area contributed by atoms with Gasteiger partial charge in [0, 0.05) is 27.8 Å². The van der Waals surface area contributed by atoms with Crippen LogP contribution in [0.2, 0.25) is 0 Å². The molecule has 116 valence electrons. The highest BCUT2D eigenvalue weighted by Gasteiger charge is 2.32. The van der Waals surface area contributed by atoms with Crippen molar-refractivity contribution >= 4 is 0 Å². The molecular weight excluding hydrogens is 242 g/mol. The third-order valence-corrected chi connectivity index (χ3v) is 3.75. The van der Waals surface area contributed by atoms with Crippen molar-refractivity contribution in [2.24, 2.45) is 11.7 Å². The molecule has 0 aliphatic carbocycles. The van der Waals surface area contributed by atoms with Gasteiger partial charge in [-0.05, 0) is 25.3 Å². The molecule has 0 bridgehead atoms. The molecule has 0 aliphatic heterocycles. The van der Waals surface area contributed by atoms with Crippen molar-refractivity contribution in [3.05, 3.63) is 0 Å². The third kappa shape index (κ3) is 7.88. The van der Waals surface area contributed by atoms with Gasteiger partial charge in [-0.25, -0.2) is 0 Å². The molecule has 1 unspecified atom stereocenters. The van der Waals surface area contributed by atoms with E-state index in [4.69, 9.17) is 19.9 Å². The van der Waals surface area contributed by atoms with E-state index >= 15 is 0 Å². The number of ether oxygens (including phenoxy) is 3. The number of rotatable bonds is 13. The van der Waals surface area contributed by atoms with Crippen molar-refractivity contribution in [3.63, 3.8) is 0 Å². The van der Waals surface area contributed by atoms with Crippen LogP contribution in [0.15, 0.2) is 0 Å². The molecule has 0 aliphatic rings. The molecular formula is C15H33NO3. The molecule has 1 atom stereocenters. The Balaban J connectivity index is 4.30. The SMILES string of the molecule is CCCCCCC(CCCN)CC(OC)(OC)OC. The molecule has 19 heavy (non-hydrogen) atoms. The molecule has 0 fully saturated rings. The Labute approximate surface area is 119 Å². The Kier molecular flexibility index (Phi) is 11.6. The predicted molar refractivity (Wildman–Crippen MR) is 78.9 cm³/mol. The van der Waals surface area contributed by atoms with E-state index in [0.29, 0.717) is 5.92 Å². The first-order valence-electron chi connectivity index (χ1n) is 7.53. The summed E-state index contributed by atoms with van der Waals surface area (Å²) in [6.07, 6.45) is 9.26. The summed E-state index contributed by atoms with van der Waals surface area (Å²) in [6.45, 7) is 2.98. The van der Waals surface area contributed by atoms with E-state index in [1.807, 2.05) is 0 Å². The number of nitrogens with two attached hydrogens (primary N) is 1. The predicted octanol–water partition coefficient (Wildman–Crippen LogP) is 3.30. The molecule has 0 saturated carbocycles. The monoisotopic (exact) mass is 275 g/mol. The zero-order chi connectivity index (χ0) is 14.6. The molecule has 0 rings (SSSR count). The second-order valence-electron chi connectivity index (χ2n) is 5.15. The summed E-state index contributed by atoms with van der Waals surface area (Å²) in [5, 5.41) is 0. The first-order chi connectivity index (χ1) is 9.17. The lowest BCUT2D eigenvalue weighted by atomic mass is 9.91. The average Bonchev–Trinajstić information content (AvgIpc) is 2.46. The van der Waals surface area contributed by atoms with Gasteiger partial charge in [0.25, 0.3) is 5.97 Å². The lowest BCUT2D eigenvalue weighted by Crippen LogP contribution is -2.38. The lowest BCUT2D eigenvalue weighted by Gasteiger charge is -2.32. The van der Waals surface area contributed by atoms with Gasteiger partial charge in [0.15, 0.2) is 0 Å². The largest absolute Gasteiger partial charge is 0.331 e. The fourth-order valence-electron chi connectivity index (χ4n) is 2.47. The van der Waals surface area contributed by atoms with Gasteiger partial charge in [-0.2, -0.15) is 0 Å². The molecule has 0 heterocycles. The standard InChI is InChI=1S/C15H33NO3/c1-5-6-7-8-10-14(11-9-12-16)13-15(17-2,18-3)19-4/h14H,5-13,16H2,1-4H3. The molecule has 0 aromatic carbocycles. The lowest BCUT2D eigenvalue weighted by molar-refractivity contribution is -0.359. The summed E-state index contributed by atoms with van der Waals surface area (Å²) >= 11 is 0. The highest BCUT2D eigenvalue weighted by atomic mass is 16.9. The van der Waals surface area contributed by atoms with Gasteiger partial charge >= 0.3 is 0 Å². The van der Waals surface area contributed by atoms with Gasteiger partial charge < -0.3 is 19.9 Å². The smallest absolute Gasteiger partial charge is 0.282 e. The van der Waals surface area contributed by atoms with Crippen molar-refractivity contribution in [2.45, 2.75) is 64.3 Å². The molecule has 0 aromatic rings. The maximum absolute atomic E-state index is 5.62. The molecule has 0 aromatic heterocycles. The van der Waals surface area contributed by atoms with E-state index in [1.54, 1.807) is 21.3 Å². The Morgan fingerprint density at radius 3 is 1.95 bits per heavy atom. The maximum atomic E-state index is 5.62. The first kappa shape index (κ1) is 18.8. The normalized spacial score (nSPS) is 13.7. The fraction of sp³-hybridized carbons (Fsp3) is 1.00. The van der Waals surface area contributed by atoms with Crippen LogP contribution in [0.5, 0.6) is 0 Å². The van der Waals surface area contributed by atoms with E-state index in [1.165, 1.54) is 32.1 Å². The van der Waals surface area contributed by atoms with Crippen LogP contribution in [0.4, 0.5) is 0 Å². The van der Waals surface area contributed by atoms with Crippen LogP contribution in [0, 0.1) is 5.92 Å². The quantitative estimate of drug-likeness (QED) is 0.414. The molecule has 0 radical (unpaired) electrons. The van der Waals surface area contributed by atoms with Gasteiger partial charge in [0.05, 0.1) is 0 Å². The van der Waals surface area contributed by atoms with E-state index in [-0.39, 0.29) is 0 Å². The fourth-order valence-corrected chi connectivity index (χ4v) is 2.47. The topological polar surface area (TPSA) is 53.7 Å². The zero-order valence-corrected chi connectivity index (χ0v) is 13.2. The zero-order valence-electron chi connectivity index (χ0n) is 13.2. The van der Waals surface area contributed by atoms with Gasteiger partial charge in [-0.1, -0.05) is 39.0 Å². The van der Waals surface area contributed by atoms with Crippen LogP contribution in [-0.2, 0) is 14.2 Å². The van der Waals surface area contributed by atoms with E-state index < -0.39 is 5.97 Å². The van der Waals surface area contributed by atoms with Crippen LogP contribution < -0.4 is 5.73 Å². The van der Waals surface area contributed by atoms with E-state index in [0.717, 1.165) is 25.8 Å². The minimum Gasteiger partial charge on any atom is -0.331 e. The second-order valence-corrected chi connectivity index (χ2v) is 5.15. The van der Waals surface area contributed by atoms with Crippen LogP contribution in [0.1, 0.15) is 58.3 Å². The van der Waals surface area contributed by atoms with E-state index in [2.05, 4.69) is 6.92 Å². The van der Waals surface area contributed by atoms with Gasteiger partial charge in [-0.15, -0.1) is 0 Å². The van der Waals surface area contributed by atoms with Crippen molar-refractivity contribution in [1.29, 1.82) is 0 Å². The Morgan fingerprint density at radius 2 is 1.47 bits per heavy atom. The highest BCUT2D eigenvalue weighted by molar-refractivity contribution is 4.68. The highest BCUT2D eigenvalue weighted by Crippen LogP contribution is 2.29. The number of methoxy groups -OCH3 is 3. The van der Waals surface area contributed by atoms with Crippen molar-refractivity contribution in [1.82, 2.24) is 0 Å². The number of hydrogen-bond acceptors (Lipinski definition) is 4. The van der Waals surface area contributed by atoms with Gasteiger partial charge in [-0.3, -0.25) is 0 Å². The molecule has 4 heteroatoms. The van der Waals surface area contributed by atoms with Crippen LogP contribution in [-0.4, -0.2) is 33.8 Å². The molecule has 0 saturated heterocycles. The third-order valence-electron chi connectivity index (χ3n) is 3.75. The molecule has 0 spiro atoms.